The third-order valence-electron chi connectivity index (χ3n) is 3.18. The van der Waals surface area contributed by atoms with Gasteiger partial charge >= 0.3 is 0 Å². The van der Waals surface area contributed by atoms with E-state index in [-0.39, 0.29) is 5.75 Å². The number of anilines is 1. The molecular formula is C26H40N2O. The van der Waals surface area contributed by atoms with Crippen LogP contribution in [0.2, 0.25) is 0 Å². The number of pyridine rings is 1. The first-order chi connectivity index (χ1) is 13.9. The average Bonchev–Trinajstić information content (AvgIpc) is 2.73. The molecule has 0 saturated heterocycles. The maximum Gasteiger partial charge on any atom is 0.141 e. The summed E-state index contributed by atoms with van der Waals surface area (Å²) in [5.41, 5.74) is 4.07. The summed E-state index contributed by atoms with van der Waals surface area (Å²) in [6, 6.07) is 17.6. The van der Waals surface area contributed by atoms with E-state index >= 15 is 0 Å². The van der Waals surface area contributed by atoms with Crippen molar-refractivity contribution in [1.82, 2.24) is 4.98 Å². The van der Waals surface area contributed by atoms with Crippen molar-refractivity contribution in [2.24, 2.45) is 0 Å². The molecule has 0 atom stereocenters. The van der Waals surface area contributed by atoms with Crippen LogP contribution >= 0.6 is 0 Å². The van der Waals surface area contributed by atoms with E-state index < -0.39 is 0 Å². The molecule has 3 nitrogen and oxygen atoms in total. The Balaban J connectivity index is 0. The number of rotatable bonds is 1. The Morgan fingerprint density at radius 1 is 0.966 bits per heavy atom. The summed E-state index contributed by atoms with van der Waals surface area (Å²) in [7, 11) is 1.92. The highest BCUT2D eigenvalue weighted by Gasteiger charge is 1.98. The predicted octanol–water partition coefficient (Wildman–Crippen LogP) is 7.92. The van der Waals surface area contributed by atoms with Gasteiger partial charge in [-0.05, 0) is 45.0 Å². The van der Waals surface area contributed by atoms with Crippen LogP contribution in [0.3, 0.4) is 0 Å². The summed E-state index contributed by atoms with van der Waals surface area (Å²) < 4.78 is 0. The van der Waals surface area contributed by atoms with E-state index in [4.69, 9.17) is 0 Å². The van der Waals surface area contributed by atoms with E-state index in [9.17, 15) is 5.11 Å². The third kappa shape index (κ3) is 13.1. The van der Waals surface area contributed by atoms with Crippen molar-refractivity contribution in [1.29, 1.82) is 0 Å². The molecule has 160 valence electrons. The molecular weight excluding hydrogens is 356 g/mol. The quantitative estimate of drug-likeness (QED) is 0.411. The molecule has 0 unspecified atom stereocenters. The number of nitrogens with one attached hydrogen (secondary N) is 1. The highest BCUT2D eigenvalue weighted by Crippen LogP contribution is 2.21. The number of aromatic nitrogens is 1. The van der Waals surface area contributed by atoms with Crippen molar-refractivity contribution in [3.8, 4) is 5.75 Å². The van der Waals surface area contributed by atoms with Gasteiger partial charge in [-0.3, -0.25) is 0 Å². The van der Waals surface area contributed by atoms with Crippen LogP contribution in [-0.2, 0) is 0 Å². The van der Waals surface area contributed by atoms with Crippen LogP contribution in [0.5, 0.6) is 5.75 Å². The van der Waals surface area contributed by atoms with Crippen molar-refractivity contribution in [2.75, 3.05) is 12.4 Å². The fourth-order valence-electron chi connectivity index (χ4n) is 1.95. The van der Waals surface area contributed by atoms with Crippen LogP contribution < -0.4 is 5.32 Å². The second-order valence-corrected chi connectivity index (χ2v) is 6.03. The number of hydrogen-bond donors (Lipinski definition) is 2. The third-order valence-corrected chi connectivity index (χ3v) is 3.18. The molecule has 1 aromatic heterocycles. The maximum absolute atomic E-state index is 9.43. The predicted molar refractivity (Wildman–Crippen MR) is 132 cm³/mol. The minimum absolute atomic E-state index is 0.246. The normalized spacial score (nSPS) is 8.41. The van der Waals surface area contributed by atoms with E-state index in [1.165, 1.54) is 17.7 Å². The molecule has 0 aliphatic carbocycles. The number of hydrogen-bond acceptors (Lipinski definition) is 3. The standard InChI is InChI=1S/C10H9NO.C8H11N.C3H8.C3H6.C2H6/c1-7-5-6-8-3-2-4-9(12)10(8)11-7;1-7-3-5-8(9-2)6-4-7;2*1-3-2;1-2/h2-6,12H,1H3;3-6,9H,1-2H3;3H2,1-2H3;3H,1H2,2H3;1-2H3. The number of para-hydroxylation sites is 1. The topological polar surface area (TPSA) is 45.1 Å². The zero-order chi connectivity index (χ0) is 22.7. The number of aromatic hydroxyl groups is 1. The Hall–Kier alpha value is -2.81. The Kier molecular flexibility index (Phi) is 18.2. The van der Waals surface area contributed by atoms with Crippen LogP contribution in [0.4, 0.5) is 5.69 Å². The van der Waals surface area contributed by atoms with Gasteiger partial charge < -0.3 is 10.4 Å². The lowest BCUT2D eigenvalue weighted by molar-refractivity contribution is 0.480. The number of allylic oxidation sites excluding steroid dienone is 1. The first kappa shape index (κ1) is 28.4. The highest BCUT2D eigenvalue weighted by atomic mass is 16.3. The van der Waals surface area contributed by atoms with Crippen LogP contribution in [0.1, 0.15) is 52.3 Å². The van der Waals surface area contributed by atoms with Crippen molar-refractivity contribution in [3.63, 3.8) is 0 Å². The first-order valence-corrected chi connectivity index (χ1v) is 10.3. The molecule has 3 heteroatoms. The van der Waals surface area contributed by atoms with Gasteiger partial charge in [0, 0.05) is 23.8 Å². The van der Waals surface area contributed by atoms with Gasteiger partial charge in [0.2, 0.25) is 0 Å². The van der Waals surface area contributed by atoms with E-state index in [1.807, 2.05) is 59.0 Å². The molecule has 29 heavy (non-hydrogen) atoms. The van der Waals surface area contributed by atoms with Crippen LogP contribution in [0.15, 0.2) is 67.3 Å². The lowest BCUT2D eigenvalue weighted by atomic mass is 10.2. The molecule has 0 spiro atoms. The molecule has 0 saturated carbocycles. The summed E-state index contributed by atoms with van der Waals surface area (Å²) >= 11 is 0. The molecule has 0 bridgehead atoms. The van der Waals surface area contributed by atoms with Gasteiger partial charge in [0.15, 0.2) is 0 Å². The van der Waals surface area contributed by atoms with Gasteiger partial charge in [-0.15, -0.1) is 6.58 Å². The van der Waals surface area contributed by atoms with Crippen LogP contribution in [-0.4, -0.2) is 17.1 Å². The second-order valence-electron chi connectivity index (χ2n) is 6.03. The number of fused-ring (bicyclic) bond motifs is 1. The Bertz CT molecular complexity index is 780. The second kappa shape index (κ2) is 18.5. The molecule has 1 heterocycles. The van der Waals surface area contributed by atoms with Gasteiger partial charge in [-0.1, -0.05) is 76.1 Å². The zero-order valence-corrected chi connectivity index (χ0v) is 19.6. The molecule has 0 aliphatic heterocycles. The smallest absolute Gasteiger partial charge is 0.141 e. The van der Waals surface area contributed by atoms with E-state index in [0.29, 0.717) is 5.52 Å². The zero-order valence-electron chi connectivity index (χ0n) is 19.6. The molecule has 2 aromatic carbocycles. The average molecular weight is 397 g/mol. The van der Waals surface area contributed by atoms with Crippen LogP contribution in [0, 0.1) is 13.8 Å². The molecule has 3 rings (SSSR count). The fraction of sp³-hybridized carbons (Fsp3) is 0.346. The van der Waals surface area contributed by atoms with Gasteiger partial charge in [0.1, 0.15) is 11.3 Å². The lowest BCUT2D eigenvalue weighted by Crippen LogP contribution is -1.85. The molecule has 2 N–H and O–H groups in total. The van der Waals surface area contributed by atoms with E-state index in [0.717, 1.165) is 11.1 Å². The maximum atomic E-state index is 9.43. The number of aryl methyl sites for hydroxylation is 2. The summed E-state index contributed by atoms with van der Waals surface area (Å²) in [5.74, 6) is 0.246. The highest BCUT2D eigenvalue weighted by molar-refractivity contribution is 5.84. The number of phenolic OH excluding ortho intramolecular Hbond substituents is 1. The summed E-state index contributed by atoms with van der Waals surface area (Å²) in [6.45, 7) is 17.5. The van der Waals surface area contributed by atoms with Gasteiger partial charge in [0.05, 0.1) is 0 Å². The monoisotopic (exact) mass is 396 g/mol. The van der Waals surface area contributed by atoms with Crippen molar-refractivity contribution >= 4 is 16.6 Å². The Morgan fingerprint density at radius 3 is 1.97 bits per heavy atom. The fourth-order valence-corrected chi connectivity index (χ4v) is 1.95. The molecule has 3 aromatic rings. The molecule has 0 amide bonds. The summed E-state index contributed by atoms with van der Waals surface area (Å²) in [5, 5.41) is 13.5. The van der Waals surface area contributed by atoms with Crippen molar-refractivity contribution in [2.45, 2.75) is 54.9 Å². The number of nitrogens with zero attached hydrogens (tertiary/aromatic N) is 1. The van der Waals surface area contributed by atoms with E-state index in [1.54, 1.807) is 12.1 Å². The summed E-state index contributed by atoms with van der Waals surface area (Å²) in [4.78, 5) is 4.23. The molecule has 0 radical (unpaired) electrons. The number of phenols is 1. The SMILES string of the molecule is C=CC.CC.CCC.CNc1ccc(C)cc1.Cc1ccc2cccc(O)c2n1. The molecule has 0 aliphatic rings. The minimum atomic E-state index is 0.246. The van der Waals surface area contributed by atoms with Gasteiger partial charge in [-0.2, -0.15) is 0 Å². The van der Waals surface area contributed by atoms with Crippen LogP contribution in [0.25, 0.3) is 10.9 Å². The van der Waals surface area contributed by atoms with Gasteiger partial charge in [-0.25, -0.2) is 4.98 Å². The van der Waals surface area contributed by atoms with E-state index in [2.05, 4.69) is 61.9 Å². The minimum Gasteiger partial charge on any atom is -0.506 e. The summed E-state index contributed by atoms with van der Waals surface area (Å²) in [6.07, 6.45) is 3.00. The largest absolute Gasteiger partial charge is 0.506 e. The van der Waals surface area contributed by atoms with Crippen molar-refractivity contribution < 1.29 is 5.11 Å². The number of benzene rings is 2. The Labute approximate surface area is 178 Å². The Morgan fingerprint density at radius 2 is 1.48 bits per heavy atom. The van der Waals surface area contributed by atoms with Crippen molar-refractivity contribution in [3.05, 3.63) is 78.5 Å². The molecule has 0 fully saturated rings. The first-order valence-electron chi connectivity index (χ1n) is 10.3. The van der Waals surface area contributed by atoms with Gasteiger partial charge in [0.25, 0.3) is 0 Å². The lowest BCUT2D eigenvalue weighted by Gasteiger charge is -1.99.